The standard InChI is InChI=1S/C64H42N2O/c1-2-22-48-43(18-1)19-16-30-50(48)45-20-15-21-47(42-45)65(59-33-10-8-28-55(59)57-31-17-32-58-56-29-9-14-37-63(56)67-64(57)58)46-40-38-44(39-41-46)49-23-3-4-24-51(49)52-25-5-11-34-60(52)66-61-35-12-6-26-53(61)54-27-7-13-36-62(54)66/h1-42H. The van der Waals surface area contributed by atoms with Gasteiger partial charge in [0.25, 0.3) is 0 Å². The Hall–Kier alpha value is -8.92. The number of aromatic nitrogens is 1. The molecule has 0 aliphatic carbocycles. The number of hydrogen-bond acceptors (Lipinski definition) is 2. The molecular weight excluding hydrogens is 813 g/mol. The van der Waals surface area contributed by atoms with Gasteiger partial charge >= 0.3 is 0 Å². The summed E-state index contributed by atoms with van der Waals surface area (Å²) in [4.78, 5) is 2.40. The molecule has 2 aromatic heterocycles. The zero-order valence-electron chi connectivity index (χ0n) is 36.6. The fourth-order valence-corrected chi connectivity index (χ4v) is 10.4. The Balaban J connectivity index is 0.972. The van der Waals surface area contributed by atoms with Crippen LogP contribution in [-0.2, 0) is 0 Å². The van der Waals surface area contributed by atoms with Gasteiger partial charge in [0.15, 0.2) is 0 Å². The molecule has 0 N–H and O–H groups in total. The molecule has 0 radical (unpaired) electrons. The van der Waals surface area contributed by atoms with E-state index in [0.29, 0.717) is 0 Å². The monoisotopic (exact) mass is 854 g/mol. The van der Waals surface area contributed by atoms with Crippen molar-refractivity contribution in [3.8, 4) is 50.2 Å². The lowest BCUT2D eigenvalue weighted by molar-refractivity contribution is 0.670. The van der Waals surface area contributed by atoms with Gasteiger partial charge in [-0.15, -0.1) is 0 Å². The van der Waals surface area contributed by atoms with Gasteiger partial charge in [-0.25, -0.2) is 0 Å². The van der Waals surface area contributed by atoms with E-state index < -0.39 is 0 Å². The highest BCUT2D eigenvalue weighted by atomic mass is 16.3. The highest BCUT2D eigenvalue weighted by Gasteiger charge is 2.22. The SMILES string of the molecule is c1cc(-c2cccc3ccccc23)cc(N(c2ccc(-c3ccccc3-c3ccccc3-n3c4ccccc4c4ccccc43)cc2)c2ccccc2-c2cccc3c2oc2ccccc23)c1. The van der Waals surface area contributed by atoms with E-state index in [4.69, 9.17) is 4.42 Å². The highest BCUT2D eigenvalue weighted by molar-refractivity contribution is 6.12. The second kappa shape index (κ2) is 16.0. The summed E-state index contributed by atoms with van der Waals surface area (Å²) < 4.78 is 9.09. The van der Waals surface area contributed by atoms with Crippen LogP contribution in [-0.4, -0.2) is 4.57 Å². The van der Waals surface area contributed by atoms with Gasteiger partial charge in [-0.05, 0) is 93.2 Å². The summed E-state index contributed by atoms with van der Waals surface area (Å²) in [5.74, 6) is 0. The molecule has 0 fully saturated rings. The first kappa shape index (κ1) is 38.5. The lowest BCUT2D eigenvalue weighted by atomic mass is 9.93. The first-order valence-corrected chi connectivity index (χ1v) is 22.9. The number of fused-ring (bicyclic) bond motifs is 7. The molecule has 2 heterocycles. The maximum Gasteiger partial charge on any atom is 0.143 e. The summed E-state index contributed by atoms with van der Waals surface area (Å²) in [6.45, 7) is 0. The molecule has 0 atom stereocenters. The molecular formula is C64H42N2O. The zero-order chi connectivity index (χ0) is 44.3. The van der Waals surface area contributed by atoms with Crippen LogP contribution >= 0.6 is 0 Å². The molecule has 0 unspecified atom stereocenters. The van der Waals surface area contributed by atoms with Crippen molar-refractivity contribution in [3.05, 3.63) is 255 Å². The van der Waals surface area contributed by atoms with Gasteiger partial charge in [0.2, 0.25) is 0 Å². The molecule has 13 aromatic rings. The normalized spacial score (nSPS) is 11.6. The molecule has 0 saturated carbocycles. The molecule has 3 heteroatoms. The van der Waals surface area contributed by atoms with Crippen molar-refractivity contribution in [2.24, 2.45) is 0 Å². The molecule has 0 saturated heterocycles. The molecule has 11 aromatic carbocycles. The molecule has 0 aliphatic rings. The Bertz CT molecular complexity index is 3950. The van der Waals surface area contributed by atoms with Crippen LogP contribution in [0.15, 0.2) is 259 Å². The number of hydrogen-bond donors (Lipinski definition) is 0. The summed E-state index contributed by atoms with van der Waals surface area (Å²) in [6.07, 6.45) is 0. The Morgan fingerprint density at radius 3 is 1.67 bits per heavy atom. The van der Waals surface area contributed by atoms with Crippen molar-refractivity contribution < 1.29 is 4.42 Å². The molecule has 0 spiro atoms. The third-order valence-corrected chi connectivity index (χ3v) is 13.4. The number of benzene rings is 11. The highest BCUT2D eigenvalue weighted by Crippen LogP contribution is 2.46. The quantitative estimate of drug-likeness (QED) is 0.152. The first-order valence-electron chi connectivity index (χ1n) is 22.9. The van der Waals surface area contributed by atoms with Crippen molar-refractivity contribution in [2.45, 2.75) is 0 Å². The maximum atomic E-state index is 6.67. The van der Waals surface area contributed by atoms with Crippen LogP contribution in [0, 0.1) is 0 Å². The Morgan fingerprint density at radius 1 is 0.313 bits per heavy atom. The van der Waals surface area contributed by atoms with E-state index in [2.05, 4.69) is 258 Å². The lowest BCUT2D eigenvalue weighted by Crippen LogP contribution is -2.11. The van der Waals surface area contributed by atoms with Gasteiger partial charge in [-0.1, -0.05) is 200 Å². The third kappa shape index (κ3) is 6.43. The largest absolute Gasteiger partial charge is 0.455 e. The number of anilines is 3. The number of rotatable bonds is 8. The summed E-state index contributed by atoms with van der Waals surface area (Å²) >= 11 is 0. The third-order valence-electron chi connectivity index (χ3n) is 13.4. The average molecular weight is 855 g/mol. The molecule has 67 heavy (non-hydrogen) atoms. The summed E-state index contributed by atoms with van der Waals surface area (Å²) in [5.41, 5.74) is 17.6. The molecule has 0 aliphatic heterocycles. The Morgan fingerprint density at radius 2 is 0.866 bits per heavy atom. The fourth-order valence-electron chi connectivity index (χ4n) is 10.4. The van der Waals surface area contributed by atoms with E-state index in [1.54, 1.807) is 0 Å². The van der Waals surface area contributed by atoms with E-state index >= 15 is 0 Å². The van der Waals surface area contributed by atoms with Crippen molar-refractivity contribution in [2.75, 3.05) is 4.90 Å². The minimum atomic E-state index is 0.883. The molecule has 3 nitrogen and oxygen atoms in total. The minimum Gasteiger partial charge on any atom is -0.455 e. The van der Waals surface area contributed by atoms with Gasteiger partial charge in [0.05, 0.1) is 22.4 Å². The van der Waals surface area contributed by atoms with Crippen LogP contribution in [0.5, 0.6) is 0 Å². The van der Waals surface area contributed by atoms with E-state index in [9.17, 15) is 0 Å². The maximum absolute atomic E-state index is 6.67. The number of nitrogens with zero attached hydrogens (tertiary/aromatic N) is 2. The van der Waals surface area contributed by atoms with E-state index in [-0.39, 0.29) is 0 Å². The van der Waals surface area contributed by atoms with Crippen LogP contribution in [0.3, 0.4) is 0 Å². The van der Waals surface area contributed by atoms with Gasteiger partial charge in [-0.3, -0.25) is 0 Å². The average Bonchev–Trinajstić information content (AvgIpc) is 3.95. The zero-order valence-corrected chi connectivity index (χ0v) is 36.6. The van der Waals surface area contributed by atoms with Crippen LogP contribution in [0.4, 0.5) is 17.1 Å². The lowest BCUT2D eigenvalue weighted by Gasteiger charge is -2.28. The summed E-state index contributed by atoms with van der Waals surface area (Å²) in [5, 5.41) is 7.17. The second-order valence-corrected chi connectivity index (χ2v) is 17.2. The topological polar surface area (TPSA) is 21.3 Å². The van der Waals surface area contributed by atoms with Crippen molar-refractivity contribution >= 4 is 71.6 Å². The number of para-hydroxylation sites is 6. The van der Waals surface area contributed by atoms with Crippen LogP contribution in [0.2, 0.25) is 0 Å². The fraction of sp³-hybridized carbons (Fsp3) is 0. The summed E-state index contributed by atoms with van der Waals surface area (Å²) in [7, 11) is 0. The number of furan rings is 1. The van der Waals surface area contributed by atoms with Gasteiger partial charge < -0.3 is 13.9 Å². The summed E-state index contributed by atoms with van der Waals surface area (Å²) in [6, 6.07) is 91.9. The Labute approximate surface area is 388 Å². The second-order valence-electron chi connectivity index (χ2n) is 17.2. The molecule has 0 bridgehead atoms. The van der Waals surface area contributed by atoms with Crippen LogP contribution < -0.4 is 4.90 Å². The van der Waals surface area contributed by atoms with Gasteiger partial charge in [-0.2, -0.15) is 0 Å². The smallest absolute Gasteiger partial charge is 0.143 e. The molecule has 314 valence electrons. The van der Waals surface area contributed by atoms with Gasteiger partial charge in [0.1, 0.15) is 11.2 Å². The van der Waals surface area contributed by atoms with E-state index in [0.717, 1.165) is 66.9 Å². The van der Waals surface area contributed by atoms with Crippen LogP contribution in [0.1, 0.15) is 0 Å². The predicted molar refractivity (Wildman–Crippen MR) is 282 cm³/mol. The van der Waals surface area contributed by atoms with Crippen molar-refractivity contribution in [1.29, 1.82) is 0 Å². The first-order chi connectivity index (χ1) is 33.3. The predicted octanol–water partition coefficient (Wildman–Crippen LogP) is 18.0. The minimum absolute atomic E-state index is 0.883. The Kier molecular flexibility index (Phi) is 9.17. The van der Waals surface area contributed by atoms with E-state index in [1.165, 1.54) is 54.8 Å². The molecule has 0 amide bonds. The molecule has 13 rings (SSSR count). The van der Waals surface area contributed by atoms with Gasteiger partial charge in [0, 0.05) is 49.6 Å². The van der Waals surface area contributed by atoms with Crippen LogP contribution in [0.25, 0.3) is 105 Å². The van der Waals surface area contributed by atoms with Crippen molar-refractivity contribution in [1.82, 2.24) is 4.57 Å². The van der Waals surface area contributed by atoms with Crippen molar-refractivity contribution in [3.63, 3.8) is 0 Å². The van der Waals surface area contributed by atoms with E-state index in [1.807, 2.05) is 6.07 Å².